The van der Waals surface area contributed by atoms with Gasteiger partial charge in [-0.25, -0.2) is 0 Å². The molecular weight excluding hydrogens is 230 g/mol. The minimum atomic E-state index is 0.943. The Labute approximate surface area is 107 Å². The summed E-state index contributed by atoms with van der Waals surface area (Å²) >= 11 is 1.81. The number of benzene rings is 1. The number of fused-ring (bicyclic) bond motifs is 1. The van der Waals surface area contributed by atoms with Crippen molar-refractivity contribution < 1.29 is 4.74 Å². The van der Waals surface area contributed by atoms with Crippen LogP contribution in [0.25, 0.3) is 10.1 Å². The summed E-state index contributed by atoms with van der Waals surface area (Å²) in [7, 11) is 1.72. The quantitative estimate of drug-likeness (QED) is 0.792. The third-order valence-corrected chi connectivity index (χ3v) is 3.87. The molecule has 92 valence electrons. The van der Waals surface area contributed by atoms with Crippen LogP contribution in [0.15, 0.2) is 23.6 Å². The largest absolute Gasteiger partial charge is 0.497 e. The lowest BCUT2D eigenvalue weighted by Gasteiger charge is -2.03. The van der Waals surface area contributed by atoms with Gasteiger partial charge >= 0.3 is 0 Å². The zero-order valence-corrected chi connectivity index (χ0v) is 11.3. The van der Waals surface area contributed by atoms with Crippen LogP contribution in [0, 0.1) is 0 Å². The maximum atomic E-state index is 5.28. The molecule has 2 rings (SSSR count). The van der Waals surface area contributed by atoms with Gasteiger partial charge < -0.3 is 10.1 Å². The van der Waals surface area contributed by atoms with Crippen molar-refractivity contribution in [2.75, 3.05) is 20.2 Å². The first-order chi connectivity index (χ1) is 8.35. The van der Waals surface area contributed by atoms with E-state index in [0.29, 0.717) is 0 Å². The summed E-state index contributed by atoms with van der Waals surface area (Å²) < 4.78 is 6.62. The van der Waals surface area contributed by atoms with Gasteiger partial charge in [-0.2, -0.15) is 0 Å². The first-order valence-corrected chi connectivity index (χ1v) is 6.98. The Bertz CT molecular complexity index is 478. The monoisotopic (exact) mass is 249 g/mol. The molecule has 0 saturated heterocycles. The molecule has 0 aliphatic rings. The van der Waals surface area contributed by atoms with Crippen LogP contribution in [0.1, 0.15) is 18.9 Å². The molecule has 0 amide bonds. The molecule has 2 aromatic rings. The van der Waals surface area contributed by atoms with Gasteiger partial charge in [0.05, 0.1) is 7.11 Å². The SMILES string of the molecule is CCCNCCc1csc2ccc(OC)cc12. The summed E-state index contributed by atoms with van der Waals surface area (Å²) in [6, 6.07) is 6.31. The fourth-order valence-corrected chi connectivity index (χ4v) is 2.88. The third kappa shape index (κ3) is 2.99. The van der Waals surface area contributed by atoms with Crippen molar-refractivity contribution in [2.24, 2.45) is 0 Å². The highest BCUT2D eigenvalue weighted by Crippen LogP contribution is 2.29. The lowest BCUT2D eigenvalue weighted by atomic mass is 10.1. The summed E-state index contributed by atoms with van der Waals surface area (Å²) in [6.45, 7) is 4.35. The van der Waals surface area contributed by atoms with Crippen molar-refractivity contribution in [3.05, 3.63) is 29.1 Å². The maximum absolute atomic E-state index is 5.28. The Morgan fingerprint density at radius 2 is 2.18 bits per heavy atom. The summed E-state index contributed by atoms with van der Waals surface area (Å²) in [5.74, 6) is 0.943. The Morgan fingerprint density at radius 3 is 2.94 bits per heavy atom. The van der Waals surface area contributed by atoms with Crippen molar-refractivity contribution in [3.63, 3.8) is 0 Å². The summed E-state index contributed by atoms with van der Waals surface area (Å²) in [6.07, 6.45) is 2.28. The minimum absolute atomic E-state index is 0.943. The lowest BCUT2D eigenvalue weighted by Crippen LogP contribution is -2.17. The second kappa shape index (κ2) is 6.03. The van der Waals surface area contributed by atoms with Gasteiger partial charge in [-0.3, -0.25) is 0 Å². The Kier molecular flexibility index (Phi) is 4.40. The van der Waals surface area contributed by atoms with Gasteiger partial charge in [-0.15, -0.1) is 11.3 Å². The van der Waals surface area contributed by atoms with Crippen LogP contribution in [0.4, 0.5) is 0 Å². The Hall–Kier alpha value is -1.06. The second-order valence-corrected chi connectivity index (χ2v) is 5.03. The molecule has 0 spiro atoms. The van der Waals surface area contributed by atoms with Gasteiger partial charge in [-0.05, 0) is 60.5 Å². The lowest BCUT2D eigenvalue weighted by molar-refractivity contribution is 0.415. The average Bonchev–Trinajstić information content (AvgIpc) is 2.77. The number of thiophene rings is 1. The molecule has 0 fully saturated rings. The van der Waals surface area contributed by atoms with Crippen LogP contribution in [0.5, 0.6) is 5.75 Å². The number of hydrogen-bond acceptors (Lipinski definition) is 3. The first-order valence-electron chi connectivity index (χ1n) is 6.10. The molecule has 0 aliphatic heterocycles. The van der Waals surface area contributed by atoms with Crippen LogP contribution in [0.2, 0.25) is 0 Å². The zero-order valence-electron chi connectivity index (χ0n) is 10.5. The van der Waals surface area contributed by atoms with E-state index in [2.05, 4.69) is 29.8 Å². The molecule has 1 aromatic heterocycles. The van der Waals surface area contributed by atoms with Crippen LogP contribution >= 0.6 is 11.3 Å². The standard InChI is InChI=1S/C14H19NOS/c1-3-7-15-8-6-11-10-17-14-5-4-12(16-2)9-13(11)14/h4-5,9-10,15H,3,6-8H2,1-2H3. The van der Waals surface area contributed by atoms with Crippen LogP contribution in [-0.4, -0.2) is 20.2 Å². The van der Waals surface area contributed by atoms with Crippen molar-refractivity contribution in [1.82, 2.24) is 5.32 Å². The minimum Gasteiger partial charge on any atom is -0.497 e. The van der Waals surface area contributed by atoms with Crippen molar-refractivity contribution in [1.29, 1.82) is 0 Å². The van der Waals surface area contributed by atoms with Gasteiger partial charge in [0.2, 0.25) is 0 Å². The molecule has 1 N–H and O–H groups in total. The number of nitrogens with one attached hydrogen (secondary N) is 1. The molecule has 1 aromatic carbocycles. The predicted molar refractivity (Wildman–Crippen MR) is 75.2 cm³/mol. The highest BCUT2D eigenvalue weighted by Gasteiger charge is 2.04. The van der Waals surface area contributed by atoms with Crippen LogP contribution in [-0.2, 0) is 6.42 Å². The first kappa shape index (κ1) is 12.4. The highest BCUT2D eigenvalue weighted by molar-refractivity contribution is 7.17. The number of hydrogen-bond donors (Lipinski definition) is 1. The van der Waals surface area contributed by atoms with Crippen LogP contribution < -0.4 is 10.1 Å². The van der Waals surface area contributed by atoms with E-state index in [1.54, 1.807) is 7.11 Å². The fourth-order valence-electron chi connectivity index (χ4n) is 1.91. The van der Waals surface area contributed by atoms with E-state index in [0.717, 1.165) is 25.3 Å². The van der Waals surface area contributed by atoms with Crippen molar-refractivity contribution in [2.45, 2.75) is 19.8 Å². The number of methoxy groups -OCH3 is 1. The van der Waals surface area contributed by atoms with E-state index in [9.17, 15) is 0 Å². The second-order valence-electron chi connectivity index (χ2n) is 4.12. The van der Waals surface area contributed by atoms with Crippen LogP contribution in [0.3, 0.4) is 0 Å². The predicted octanol–water partition coefficient (Wildman–Crippen LogP) is 3.45. The van der Waals surface area contributed by atoms with Gasteiger partial charge in [0.1, 0.15) is 5.75 Å². The Morgan fingerprint density at radius 1 is 1.29 bits per heavy atom. The van der Waals surface area contributed by atoms with Crippen molar-refractivity contribution >= 4 is 21.4 Å². The molecule has 17 heavy (non-hydrogen) atoms. The van der Waals surface area contributed by atoms with E-state index in [1.165, 1.54) is 22.1 Å². The zero-order chi connectivity index (χ0) is 12.1. The summed E-state index contributed by atoms with van der Waals surface area (Å²) in [4.78, 5) is 0. The maximum Gasteiger partial charge on any atom is 0.119 e. The third-order valence-electron chi connectivity index (χ3n) is 2.86. The molecule has 2 nitrogen and oxygen atoms in total. The van der Waals surface area contributed by atoms with E-state index in [-0.39, 0.29) is 0 Å². The number of rotatable bonds is 6. The van der Waals surface area contributed by atoms with Gasteiger partial charge in [0.15, 0.2) is 0 Å². The molecular formula is C14H19NOS. The van der Waals surface area contributed by atoms with E-state index in [1.807, 2.05) is 17.4 Å². The summed E-state index contributed by atoms with van der Waals surface area (Å²) in [5, 5.41) is 7.04. The van der Waals surface area contributed by atoms with Gasteiger partial charge in [-0.1, -0.05) is 6.92 Å². The van der Waals surface area contributed by atoms with Crippen molar-refractivity contribution in [3.8, 4) is 5.75 Å². The van der Waals surface area contributed by atoms with E-state index in [4.69, 9.17) is 4.74 Å². The molecule has 0 aliphatic carbocycles. The van der Waals surface area contributed by atoms with Gasteiger partial charge in [0, 0.05) is 4.70 Å². The normalized spacial score (nSPS) is 10.9. The molecule has 0 unspecified atom stereocenters. The highest BCUT2D eigenvalue weighted by atomic mass is 32.1. The fraction of sp³-hybridized carbons (Fsp3) is 0.429. The molecule has 3 heteroatoms. The summed E-state index contributed by atoms with van der Waals surface area (Å²) in [5.41, 5.74) is 1.42. The Balaban J connectivity index is 2.11. The molecule has 1 heterocycles. The topological polar surface area (TPSA) is 21.3 Å². The molecule has 0 atom stereocenters. The number of ether oxygens (including phenoxy) is 1. The van der Waals surface area contributed by atoms with E-state index >= 15 is 0 Å². The smallest absolute Gasteiger partial charge is 0.119 e. The van der Waals surface area contributed by atoms with Gasteiger partial charge in [0.25, 0.3) is 0 Å². The van der Waals surface area contributed by atoms with E-state index < -0.39 is 0 Å². The molecule has 0 bridgehead atoms. The molecule has 0 radical (unpaired) electrons. The average molecular weight is 249 g/mol. The molecule has 0 saturated carbocycles.